The van der Waals surface area contributed by atoms with Gasteiger partial charge in [-0.3, -0.25) is 0 Å². The van der Waals surface area contributed by atoms with E-state index in [2.05, 4.69) is 0 Å². The first-order valence-corrected chi connectivity index (χ1v) is 14.0. The van der Waals surface area contributed by atoms with Gasteiger partial charge >= 0.3 is 13.4 Å². The van der Waals surface area contributed by atoms with Crippen molar-refractivity contribution in [1.29, 1.82) is 0 Å². The van der Waals surface area contributed by atoms with E-state index in [1.54, 1.807) is 48.5 Å². The summed E-state index contributed by atoms with van der Waals surface area (Å²) in [7, 11) is 4.33. The van der Waals surface area contributed by atoms with Crippen molar-refractivity contribution in [1.82, 2.24) is 0 Å². The fraction of sp³-hybridized carbons (Fsp3) is 0.250. The average Bonchev–Trinajstić information content (AvgIpc) is 2.74. The third-order valence-electron chi connectivity index (χ3n) is 3.40. The lowest BCUT2D eigenvalue weighted by atomic mass is 10.3. The molecule has 0 heterocycles. The van der Waals surface area contributed by atoms with Crippen LogP contribution in [0.3, 0.4) is 0 Å². The normalized spacial score (nSPS) is 12.2. The number of hydrogen-bond acceptors (Lipinski definition) is 9. The topological polar surface area (TPSA) is 72.5 Å². The Morgan fingerprint density at radius 1 is 0.643 bits per heavy atom. The van der Waals surface area contributed by atoms with Crippen molar-refractivity contribution < 1.29 is 31.4 Å². The predicted octanol–water partition coefficient (Wildman–Crippen LogP) is 4.65. The smallest absolute Gasteiger partial charge is 0.380 e. The first-order chi connectivity index (χ1) is 13.3. The van der Waals surface area contributed by atoms with Crippen LogP contribution in [0.5, 0.6) is 11.5 Å². The molecule has 2 rings (SSSR count). The van der Waals surface area contributed by atoms with Gasteiger partial charge in [-0.15, -0.1) is 0 Å². The molecule has 0 N–H and O–H groups in total. The molecule has 7 nitrogen and oxygen atoms in total. The van der Waals surface area contributed by atoms with Gasteiger partial charge in [-0.1, -0.05) is 0 Å². The highest BCUT2D eigenvalue weighted by atomic mass is 32.5. The standard InChI is InChI=1S/C16H20O7P2S3/c1-18-24(26,19-2)22-13-5-9-15(10-6-13)28(17)16-11-7-14(8-12-16)23-25(27,20-3)21-4/h5-12H,1-4H3. The summed E-state index contributed by atoms with van der Waals surface area (Å²) >= 11 is 10.3. The van der Waals surface area contributed by atoms with Crippen LogP contribution >= 0.6 is 13.4 Å². The van der Waals surface area contributed by atoms with E-state index in [0.717, 1.165) is 0 Å². The van der Waals surface area contributed by atoms with E-state index in [9.17, 15) is 4.21 Å². The second-order valence-electron chi connectivity index (χ2n) is 5.02. The molecule has 0 saturated carbocycles. The van der Waals surface area contributed by atoms with Crippen molar-refractivity contribution in [3.8, 4) is 11.5 Å². The van der Waals surface area contributed by atoms with Gasteiger partial charge in [0.15, 0.2) is 0 Å². The summed E-state index contributed by atoms with van der Waals surface area (Å²) in [5, 5.41) is 0. The van der Waals surface area contributed by atoms with Crippen molar-refractivity contribution in [2.45, 2.75) is 9.79 Å². The first kappa shape index (κ1) is 23.6. The minimum Gasteiger partial charge on any atom is -0.424 e. The first-order valence-electron chi connectivity index (χ1n) is 7.72. The zero-order valence-electron chi connectivity index (χ0n) is 15.6. The molecule has 2 aromatic carbocycles. The highest BCUT2D eigenvalue weighted by molar-refractivity contribution is 8.08. The SMILES string of the molecule is COP(=S)(OC)Oc1ccc(S(=O)c2ccc(OP(=S)(OC)OC)cc2)cc1. The van der Waals surface area contributed by atoms with Gasteiger partial charge in [0.2, 0.25) is 0 Å². The maximum absolute atomic E-state index is 12.8. The summed E-state index contributed by atoms with van der Waals surface area (Å²) in [5.41, 5.74) is 0. The Hall–Kier alpha value is -0.670. The van der Waals surface area contributed by atoms with E-state index in [0.29, 0.717) is 21.3 Å². The Labute approximate surface area is 177 Å². The molecule has 2 aromatic rings. The van der Waals surface area contributed by atoms with E-state index in [1.165, 1.54) is 28.4 Å². The molecule has 0 radical (unpaired) electrons. The van der Waals surface area contributed by atoms with E-state index in [4.69, 9.17) is 50.8 Å². The van der Waals surface area contributed by atoms with Gasteiger partial charge in [0.1, 0.15) is 11.5 Å². The average molecular weight is 482 g/mol. The molecule has 28 heavy (non-hydrogen) atoms. The number of benzene rings is 2. The fourth-order valence-electron chi connectivity index (χ4n) is 1.94. The Kier molecular flexibility index (Phi) is 8.76. The molecule has 0 amide bonds. The zero-order chi connectivity index (χ0) is 20.8. The van der Waals surface area contributed by atoms with Crippen LogP contribution in [0.25, 0.3) is 0 Å². The van der Waals surface area contributed by atoms with Crippen molar-refractivity contribution in [3.05, 3.63) is 48.5 Å². The molecule has 12 heteroatoms. The summed E-state index contributed by atoms with van der Waals surface area (Å²) in [6.45, 7) is -5.62. The Balaban J connectivity index is 2.11. The molecule has 154 valence electrons. The van der Waals surface area contributed by atoms with Crippen LogP contribution in [0.15, 0.2) is 58.3 Å². The molecule has 0 aliphatic carbocycles. The number of rotatable bonds is 10. The van der Waals surface area contributed by atoms with Crippen LogP contribution in [0, 0.1) is 0 Å². The molecule has 0 unspecified atom stereocenters. The lowest BCUT2D eigenvalue weighted by molar-refractivity contribution is 0.272. The summed E-state index contributed by atoms with van der Waals surface area (Å²) in [6, 6.07) is 13.4. The summed E-state index contributed by atoms with van der Waals surface area (Å²) < 4.78 is 44.2. The summed E-state index contributed by atoms with van der Waals surface area (Å²) in [6.07, 6.45) is 0. The molecule has 0 aromatic heterocycles. The van der Waals surface area contributed by atoms with Crippen LogP contribution in [-0.2, 0) is 52.5 Å². The van der Waals surface area contributed by atoms with Crippen molar-refractivity contribution >= 4 is 47.9 Å². The Bertz CT molecular complexity index is 814. The number of hydrogen-bond donors (Lipinski definition) is 0. The molecule has 0 aliphatic heterocycles. The molecular formula is C16H20O7P2S3. The zero-order valence-corrected chi connectivity index (χ0v) is 19.8. The Morgan fingerprint density at radius 3 is 1.18 bits per heavy atom. The lowest BCUT2D eigenvalue weighted by Gasteiger charge is -2.18. The minimum atomic E-state index is -2.81. The lowest BCUT2D eigenvalue weighted by Crippen LogP contribution is -1.98. The third kappa shape index (κ3) is 6.16. The van der Waals surface area contributed by atoms with Gasteiger partial charge in [0, 0.05) is 61.8 Å². The molecule has 0 spiro atoms. The molecule has 0 saturated heterocycles. The van der Waals surface area contributed by atoms with E-state index in [1.807, 2.05) is 0 Å². The van der Waals surface area contributed by atoms with Crippen molar-refractivity contribution in [3.63, 3.8) is 0 Å². The minimum absolute atomic E-state index is 0.474. The second-order valence-corrected chi connectivity index (χ2v) is 12.8. The van der Waals surface area contributed by atoms with Crippen LogP contribution < -0.4 is 9.05 Å². The molecule has 0 aliphatic rings. The van der Waals surface area contributed by atoms with Gasteiger partial charge in [0.05, 0.1) is 10.8 Å². The highest BCUT2D eigenvalue weighted by Crippen LogP contribution is 2.49. The van der Waals surface area contributed by atoms with Gasteiger partial charge in [0.25, 0.3) is 0 Å². The third-order valence-corrected chi connectivity index (χ3v) is 9.70. The maximum atomic E-state index is 12.8. The molecule has 0 fully saturated rings. The monoisotopic (exact) mass is 482 g/mol. The van der Waals surface area contributed by atoms with Crippen LogP contribution in [0.2, 0.25) is 0 Å². The van der Waals surface area contributed by atoms with E-state index >= 15 is 0 Å². The van der Waals surface area contributed by atoms with Gasteiger partial charge < -0.3 is 27.1 Å². The predicted molar refractivity (Wildman–Crippen MR) is 115 cm³/mol. The van der Waals surface area contributed by atoms with Gasteiger partial charge in [-0.05, 0) is 48.5 Å². The molecule has 0 bridgehead atoms. The maximum Gasteiger partial charge on any atom is 0.380 e. The summed E-state index contributed by atoms with van der Waals surface area (Å²) in [4.78, 5) is 1.20. The van der Waals surface area contributed by atoms with Crippen LogP contribution in [0.1, 0.15) is 0 Å². The van der Waals surface area contributed by atoms with Crippen LogP contribution in [-0.4, -0.2) is 32.6 Å². The summed E-state index contributed by atoms with van der Waals surface area (Å²) in [5.74, 6) is 0.947. The van der Waals surface area contributed by atoms with Crippen molar-refractivity contribution in [2.24, 2.45) is 0 Å². The van der Waals surface area contributed by atoms with Crippen molar-refractivity contribution in [2.75, 3.05) is 28.4 Å². The molecule has 0 atom stereocenters. The fourth-order valence-corrected chi connectivity index (χ4v) is 4.85. The van der Waals surface area contributed by atoms with Gasteiger partial charge in [-0.25, -0.2) is 4.21 Å². The van der Waals surface area contributed by atoms with E-state index in [-0.39, 0.29) is 0 Å². The molecular weight excluding hydrogens is 462 g/mol. The van der Waals surface area contributed by atoms with Gasteiger partial charge in [-0.2, -0.15) is 0 Å². The Morgan fingerprint density at radius 2 is 0.929 bits per heavy atom. The highest BCUT2D eigenvalue weighted by Gasteiger charge is 2.20. The largest absolute Gasteiger partial charge is 0.424 e. The second kappa shape index (κ2) is 10.4. The van der Waals surface area contributed by atoms with E-state index < -0.39 is 24.2 Å². The quantitative estimate of drug-likeness (QED) is 0.450. The van der Waals surface area contributed by atoms with Crippen LogP contribution in [0.4, 0.5) is 0 Å².